The second-order valence-electron chi connectivity index (χ2n) is 10.5. The molecule has 0 radical (unpaired) electrons. The van der Waals surface area contributed by atoms with Gasteiger partial charge in [0, 0.05) is 5.54 Å². The van der Waals surface area contributed by atoms with Crippen LogP contribution in [0.15, 0.2) is 70.9 Å². The quantitative estimate of drug-likeness (QED) is 0.460. The summed E-state index contributed by atoms with van der Waals surface area (Å²) in [4.78, 5) is 0. The van der Waals surface area contributed by atoms with Gasteiger partial charge in [0.15, 0.2) is 0 Å². The number of hydrogen-bond acceptors (Lipinski definition) is 0. The zero-order valence-electron chi connectivity index (χ0n) is 19.1. The molecule has 1 unspecified atom stereocenters. The lowest BCUT2D eigenvalue weighted by Crippen LogP contribution is -2.41. The minimum atomic E-state index is -1.70. The van der Waals surface area contributed by atoms with Crippen molar-refractivity contribution in [2.24, 2.45) is 0 Å². The van der Waals surface area contributed by atoms with E-state index < -0.39 is 16.1 Å². The van der Waals surface area contributed by atoms with Crippen molar-refractivity contribution in [3.63, 3.8) is 0 Å². The van der Waals surface area contributed by atoms with Crippen LogP contribution in [0.4, 0.5) is 0 Å². The second-order valence-corrected chi connectivity index (χ2v) is 20.1. The summed E-state index contributed by atoms with van der Waals surface area (Å²) in [6.07, 6.45) is 6.10. The molecular weight excluding hydrogens is 380 g/mol. The van der Waals surface area contributed by atoms with Crippen molar-refractivity contribution in [3.05, 3.63) is 87.6 Å². The smallest absolute Gasteiger partial charge is 0.0727 e. The van der Waals surface area contributed by atoms with Crippen LogP contribution in [0.3, 0.4) is 0 Å². The molecule has 0 aromatic heterocycles. The van der Waals surface area contributed by atoms with Gasteiger partial charge in [0.05, 0.1) is 16.1 Å². The van der Waals surface area contributed by atoms with E-state index in [4.69, 9.17) is 0 Å². The highest BCUT2D eigenvalue weighted by Gasteiger charge is 2.43. The van der Waals surface area contributed by atoms with Crippen LogP contribution in [0, 0.1) is 0 Å². The highest BCUT2D eigenvalue weighted by Crippen LogP contribution is 2.48. The molecule has 29 heavy (non-hydrogen) atoms. The van der Waals surface area contributed by atoms with Gasteiger partial charge in [-0.15, -0.1) is 0 Å². The summed E-state index contributed by atoms with van der Waals surface area (Å²) >= 11 is 0. The molecule has 150 valence electrons. The fraction of sp³-hybridized carbons (Fsp3) is 0.333. The van der Waals surface area contributed by atoms with Gasteiger partial charge in [-0.1, -0.05) is 115 Å². The van der Waals surface area contributed by atoms with Crippen LogP contribution >= 0.6 is 0 Å². The molecule has 0 bridgehead atoms. The van der Waals surface area contributed by atoms with Crippen molar-refractivity contribution in [1.29, 1.82) is 0 Å². The summed E-state index contributed by atoms with van der Waals surface area (Å²) in [6, 6.07) is 18.1. The molecular formula is C27H34Si2. The maximum atomic E-state index is 2.60. The van der Waals surface area contributed by atoms with Gasteiger partial charge >= 0.3 is 0 Å². The first-order valence-electron chi connectivity index (χ1n) is 10.9. The summed E-state index contributed by atoms with van der Waals surface area (Å²) in [5.74, 6) is 0. The van der Waals surface area contributed by atoms with E-state index in [1.807, 2.05) is 0 Å². The average molecular weight is 415 g/mol. The van der Waals surface area contributed by atoms with Gasteiger partial charge in [0.1, 0.15) is 0 Å². The molecule has 0 saturated carbocycles. The third kappa shape index (κ3) is 3.47. The third-order valence-corrected chi connectivity index (χ3v) is 13.4. The molecule has 1 atom stereocenters. The van der Waals surface area contributed by atoms with Crippen molar-refractivity contribution < 1.29 is 0 Å². The monoisotopic (exact) mass is 414 g/mol. The van der Waals surface area contributed by atoms with E-state index in [-0.39, 0.29) is 0 Å². The summed E-state index contributed by atoms with van der Waals surface area (Å²) in [5.41, 5.74) is 9.73. The second kappa shape index (κ2) is 7.10. The standard InChI is InChI=1S/C27H34Si2/c1-19-16-22(21-12-9-8-10-13-21)18-26(19)29(6,7)27-20(2)17-24-23(27)14-11-15-25(24)28(3,4)5/h8-17,27H,18H2,1-7H3. The maximum absolute atomic E-state index is 2.60. The minimum absolute atomic E-state index is 0.599. The summed E-state index contributed by atoms with van der Waals surface area (Å²) in [6.45, 7) is 17.3. The normalized spacial score (nSPS) is 19.3. The SMILES string of the molecule is CC1=Cc2c(cccc2[Si](C)(C)C)C1[Si](C)(C)C1=C(C)C=C(c2ccccc2)C1. The van der Waals surface area contributed by atoms with Crippen molar-refractivity contribution in [1.82, 2.24) is 0 Å². The van der Waals surface area contributed by atoms with E-state index >= 15 is 0 Å². The Labute approximate surface area is 179 Å². The van der Waals surface area contributed by atoms with Crippen molar-refractivity contribution in [3.8, 4) is 0 Å². The van der Waals surface area contributed by atoms with Crippen LogP contribution in [0.2, 0.25) is 32.7 Å². The number of rotatable bonds is 4. The van der Waals surface area contributed by atoms with Crippen LogP contribution < -0.4 is 5.19 Å². The van der Waals surface area contributed by atoms with Crippen LogP contribution in [0.1, 0.15) is 42.5 Å². The fourth-order valence-corrected chi connectivity index (χ4v) is 11.6. The highest BCUT2D eigenvalue weighted by atomic mass is 28.3. The van der Waals surface area contributed by atoms with E-state index in [0.717, 1.165) is 6.42 Å². The number of allylic oxidation sites excluding steroid dienone is 5. The Hall–Kier alpha value is -1.91. The van der Waals surface area contributed by atoms with E-state index in [1.54, 1.807) is 27.1 Å². The van der Waals surface area contributed by atoms with E-state index in [9.17, 15) is 0 Å². The first-order chi connectivity index (χ1) is 13.6. The number of fused-ring (bicyclic) bond motifs is 1. The van der Waals surface area contributed by atoms with Gasteiger partial charge in [-0.2, -0.15) is 0 Å². The Bertz CT molecular complexity index is 1040. The van der Waals surface area contributed by atoms with E-state index in [0.29, 0.717) is 5.54 Å². The maximum Gasteiger partial charge on any atom is 0.0880 e. The zero-order chi connectivity index (χ0) is 21.0. The van der Waals surface area contributed by atoms with Gasteiger partial charge < -0.3 is 0 Å². The van der Waals surface area contributed by atoms with E-state index in [2.05, 4.69) is 107 Å². The molecule has 2 aromatic carbocycles. The molecule has 4 rings (SSSR count). The van der Waals surface area contributed by atoms with Crippen LogP contribution in [-0.4, -0.2) is 16.1 Å². The van der Waals surface area contributed by atoms with Gasteiger partial charge in [-0.05, 0) is 42.5 Å². The minimum Gasteiger partial charge on any atom is -0.0727 e. The molecule has 0 amide bonds. The molecule has 0 nitrogen and oxygen atoms in total. The highest BCUT2D eigenvalue weighted by molar-refractivity contribution is 6.89. The number of benzene rings is 2. The van der Waals surface area contributed by atoms with Crippen LogP contribution in [0.5, 0.6) is 0 Å². The molecule has 0 N–H and O–H groups in total. The molecule has 0 saturated heterocycles. The molecule has 0 spiro atoms. The molecule has 0 fully saturated rings. The molecule has 2 aliphatic carbocycles. The first kappa shape index (κ1) is 20.4. The number of hydrogen-bond donors (Lipinski definition) is 0. The van der Waals surface area contributed by atoms with Gasteiger partial charge in [-0.3, -0.25) is 0 Å². The summed E-state index contributed by atoms with van der Waals surface area (Å²) in [7, 11) is -3.06. The molecule has 0 heterocycles. The molecule has 2 aromatic rings. The fourth-order valence-electron chi connectivity index (χ4n) is 5.64. The Kier molecular flexibility index (Phi) is 4.99. The van der Waals surface area contributed by atoms with Gasteiger partial charge in [0.2, 0.25) is 0 Å². The predicted molar refractivity (Wildman–Crippen MR) is 135 cm³/mol. The molecule has 0 aliphatic heterocycles. The summed E-state index contributed by atoms with van der Waals surface area (Å²) in [5, 5.41) is 3.36. The lowest BCUT2D eigenvalue weighted by Gasteiger charge is -2.35. The Morgan fingerprint density at radius 1 is 0.793 bits per heavy atom. The third-order valence-electron chi connectivity index (χ3n) is 6.96. The predicted octanol–water partition coefficient (Wildman–Crippen LogP) is 7.32. The Morgan fingerprint density at radius 3 is 2.14 bits per heavy atom. The van der Waals surface area contributed by atoms with Crippen molar-refractivity contribution in [2.75, 3.05) is 0 Å². The van der Waals surface area contributed by atoms with Crippen LogP contribution in [0.25, 0.3) is 11.6 Å². The van der Waals surface area contributed by atoms with Gasteiger partial charge in [-0.25, -0.2) is 0 Å². The Morgan fingerprint density at radius 2 is 1.48 bits per heavy atom. The average Bonchev–Trinajstić information content (AvgIpc) is 3.21. The lowest BCUT2D eigenvalue weighted by molar-refractivity contribution is 1.06. The topological polar surface area (TPSA) is 0 Å². The first-order valence-corrected chi connectivity index (χ1v) is 17.5. The Balaban J connectivity index is 1.72. The lowest BCUT2D eigenvalue weighted by atomic mass is 10.1. The summed E-state index contributed by atoms with van der Waals surface area (Å²) < 4.78 is 0. The largest absolute Gasteiger partial charge is 0.0880 e. The van der Waals surface area contributed by atoms with Crippen molar-refractivity contribution in [2.45, 2.75) is 58.5 Å². The zero-order valence-corrected chi connectivity index (χ0v) is 21.1. The van der Waals surface area contributed by atoms with E-state index in [1.165, 1.54) is 16.7 Å². The van der Waals surface area contributed by atoms with Gasteiger partial charge in [0.25, 0.3) is 0 Å². The van der Waals surface area contributed by atoms with Crippen LogP contribution in [-0.2, 0) is 0 Å². The van der Waals surface area contributed by atoms with Crippen molar-refractivity contribution >= 4 is 33.0 Å². The molecule has 2 aliphatic rings. The molecule has 2 heteroatoms.